The molecule has 1 fully saturated rings. The molecule has 6 nitrogen and oxygen atoms in total. The van der Waals surface area contributed by atoms with E-state index in [1.807, 2.05) is 24.3 Å². The van der Waals surface area contributed by atoms with Crippen LogP contribution in [0.3, 0.4) is 0 Å². The fraction of sp³-hybridized carbons (Fsp3) is 0.500. The number of ether oxygens (including phenoxy) is 1. The zero-order valence-corrected chi connectivity index (χ0v) is 15.6. The second-order valence-corrected chi connectivity index (χ2v) is 8.15. The van der Waals surface area contributed by atoms with E-state index in [0.29, 0.717) is 11.9 Å². The van der Waals surface area contributed by atoms with E-state index in [1.165, 1.54) is 0 Å². The zero-order chi connectivity index (χ0) is 18.3. The van der Waals surface area contributed by atoms with Gasteiger partial charge in [0.25, 0.3) is 0 Å². The molecule has 138 valence electrons. The highest BCUT2D eigenvalue weighted by Gasteiger charge is 2.30. The molecule has 3 aromatic rings. The number of hydrogen-bond donors (Lipinski definition) is 2. The van der Waals surface area contributed by atoms with E-state index in [2.05, 4.69) is 30.7 Å². The van der Waals surface area contributed by atoms with Crippen molar-refractivity contribution in [2.45, 2.75) is 45.4 Å². The number of aromatic nitrogens is 4. The fourth-order valence-electron chi connectivity index (χ4n) is 3.66. The smallest absolute Gasteiger partial charge is 0.232 e. The quantitative estimate of drug-likeness (QED) is 0.751. The summed E-state index contributed by atoms with van der Waals surface area (Å²) in [5.41, 5.74) is 3.50. The molecular formula is C20H26N4O2. The van der Waals surface area contributed by atoms with E-state index in [-0.39, 0.29) is 11.3 Å². The number of imidazole rings is 1. The van der Waals surface area contributed by atoms with Crippen molar-refractivity contribution < 1.29 is 9.84 Å². The van der Waals surface area contributed by atoms with Crippen LogP contribution < -0.4 is 0 Å². The van der Waals surface area contributed by atoms with Crippen molar-refractivity contribution in [3.63, 3.8) is 0 Å². The second kappa shape index (κ2) is 6.43. The van der Waals surface area contributed by atoms with E-state index in [4.69, 9.17) is 9.84 Å². The summed E-state index contributed by atoms with van der Waals surface area (Å²) in [6, 6.07) is 7.83. The number of benzene rings is 1. The van der Waals surface area contributed by atoms with E-state index in [9.17, 15) is 5.11 Å². The summed E-state index contributed by atoms with van der Waals surface area (Å²) in [6.07, 6.45) is 2.87. The lowest BCUT2D eigenvalue weighted by molar-refractivity contribution is 0.0662. The lowest BCUT2D eigenvalue weighted by atomic mass is 9.85. The van der Waals surface area contributed by atoms with Gasteiger partial charge < -0.3 is 14.8 Å². The third-order valence-electron chi connectivity index (χ3n) is 5.08. The first kappa shape index (κ1) is 17.1. The molecule has 0 bridgehead atoms. The number of fused-ring (bicyclic) bond motifs is 1. The molecule has 2 aromatic heterocycles. The Kier molecular flexibility index (Phi) is 4.23. The number of H-pyrrole nitrogens is 1. The van der Waals surface area contributed by atoms with Gasteiger partial charge in [-0.25, -0.2) is 4.98 Å². The third-order valence-corrected chi connectivity index (χ3v) is 5.08. The standard InChI is InChI=1S/C20H26N4O2/c1-20(2,3)17-14(12-13-8-10-26-11-9-13)18(25)24(23-17)19-21-15-6-4-5-7-16(15)22-19/h4-7,13,25H,8-12H2,1-3H3,(H,21,22). The lowest BCUT2D eigenvalue weighted by Gasteiger charge is -2.23. The molecule has 0 saturated carbocycles. The van der Waals surface area contributed by atoms with Crippen LogP contribution in [0.15, 0.2) is 24.3 Å². The Bertz CT molecular complexity index is 881. The number of nitrogens with one attached hydrogen (secondary N) is 1. The first-order valence-electron chi connectivity index (χ1n) is 9.27. The maximum atomic E-state index is 11.0. The average Bonchev–Trinajstić information content (AvgIpc) is 3.17. The van der Waals surface area contributed by atoms with Crippen LogP contribution in [0.5, 0.6) is 5.88 Å². The molecule has 0 radical (unpaired) electrons. The van der Waals surface area contributed by atoms with Crippen molar-refractivity contribution in [1.29, 1.82) is 0 Å². The number of rotatable bonds is 3. The van der Waals surface area contributed by atoms with Gasteiger partial charge >= 0.3 is 0 Å². The summed E-state index contributed by atoms with van der Waals surface area (Å²) in [4.78, 5) is 7.85. The maximum absolute atomic E-state index is 11.0. The maximum Gasteiger partial charge on any atom is 0.232 e. The van der Waals surface area contributed by atoms with Gasteiger partial charge in [-0.2, -0.15) is 9.78 Å². The van der Waals surface area contributed by atoms with Gasteiger partial charge in [-0.3, -0.25) is 0 Å². The lowest BCUT2D eigenvalue weighted by Crippen LogP contribution is -2.20. The minimum absolute atomic E-state index is 0.157. The molecule has 0 spiro atoms. The minimum atomic E-state index is -0.157. The predicted molar refractivity (Wildman–Crippen MR) is 101 cm³/mol. The van der Waals surface area contributed by atoms with Crippen molar-refractivity contribution in [3.8, 4) is 11.8 Å². The topological polar surface area (TPSA) is 76.0 Å². The van der Waals surface area contributed by atoms with Crippen LogP contribution in [0, 0.1) is 5.92 Å². The van der Waals surface area contributed by atoms with Crippen LogP contribution in [-0.4, -0.2) is 38.1 Å². The Morgan fingerprint density at radius 1 is 1.23 bits per heavy atom. The number of para-hydroxylation sites is 2. The van der Waals surface area contributed by atoms with Gasteiger partial charge in [0.1, 0.15) is 0 Å². The summed E-state index contributed by atoms with van der Waals surface area (Å²) < 4.78 is 7.03. The number of aromatic hydroxyl groups is 1. The van der Waals surface area contributed by atoms with E-state index < -0.39 is 0 Å². The molecule has 1 aliphatic heterocycles. The van der Waals surface area contributed by atoms with E-state index >= 15 is 0 Å². The molecule has 0 aliphatic carbocycles. The Balaban J connectivity index is 1.77. The highest BCUT2D eigenvalue weighted by molar-refractivity contribution is 5.76. The fourth-order valence-corrected chi connectivity index (χ4v) is 3.66. The van der Waals surface area contributed by atoms with Crippen molar-refractivity contribution in [3.05, 3.63) is 35.5 Å². The zero-order valence-electron chi connectivity index (χ0n) is 15.6. The van der Waals surface area contributed by atoms with Crippen molar-refractivity contribution >= 4 is 11.0 Å². The molecule has 3 heterocycles. The van der Waals surface area contributed by atoms with Crippen LogP contribution >= 0.6 is 0 Å². The summed E-state index contributed by atoms with van der Waals surface area (Å²) in [6.45, 7) is 7.99. The second-order valence-electron chi connectivity index (χ2n) is 8.15. The van der Waals surface area contributed by atoms with Gasteiger partial charge in [-0.1, -0.05) is 32.9 Å². The molecule has 0 unspecified atom stereocenters. The van der Waals surface area contributed by atoms with Crippen LogP contribution in [-0.2, 0) is 16.6 Å². The summed E-state index contributed by atoms with van der Waals surface area (Å²) in [5.74, 6) is 1.26. The Morgan fingerprint density at radius 3 is 2.65 bits per heavy atom. The van der Waals surface area contributed by atoms with Gasteiger partial charge in [-0.15, -0.1) is 0 Å². The van der Waals surface area contributed by atoms with E-state index in [0.717, 1.165) is 54.8 Å². The van der Waals surface area contributed by atoms with E-state index in [1.54, 1.807) is 4.68 Å². The molecule has 1 aromatic carbocycles. The normalized spacial score (nSPS) is 16.4. The van der Waals surface area contributed by atoms with Crippen LogP contribution in [0.4, 0.5) is 0 Å². The summed E-state index contributed by atoms with van der Waals surface area (Å²) in [7, 11) is 0. The SMILES string of the molecule is CC(C)(C)c1nn(-c2nc3ccccc3[nH]2)c(O)c1CC1CCOCC1. The van der Waals surface area contributed by atoms with Gasteiger partial charge in [0.2, 0.25) is 11.8 Å². The van der Waals surface area contributed by atoms with Crippen LogP contribution in [0.2, 0.25) is 0 Å². The van der Waals surface area contributed by atoms with Crippen molar-refractivity contribution in [2.75, 3.05) is 13.2 Å². The Hall–Kier alpha value is -2.34. The molecule has 2 N–H and O–H groups in total. The average molecular weight is 354 g/mol. The van der Waals surface area contributed by atoms with Gasteiger partial charge in [0.15, 0.2) is 0 Å². The Labute approximate surface area is 153 Å². The molecule has 4 rings (SSSR count). The summed E-state index contributed by atoms with van der Waals surface area (Å²) >= 11 is 0. The van der Waals surface area contributed by atoms with Crippen molar-refractivity contribution in [2.24, 2.45) is 5.92 Å². The molecule has 26 heavy (non-hydrogen) atoms. The number of aromatic amines is 1. The first-order valence-corrected chi connectivity index (χ1v) is 9.27. The minimum Gasteiger partial charge on any atom is -0.493 e. The molecule has 0 atom stereocenters. The largest absolute Gasteiger partial charge is 0.493 e. The third kappa shape index (κ3) is 3.09. The number of nitrogens with zero attached hydrogens (tertiary/aromatic N) is 3. The molecule has 1 saturated heterocycles. The predicted octanol–water partition coefficient (Wildman–Crippen LogP) is 3.72. The highest BCUT2D eigenvalue weighted by Crippen LogP contribution is 2.35. The van der Waals surface area contributed by atoms with Crippen molar-refractivity contribution in [1.82, 2.24) is 19.7 Å². The van der Waals surface area contributed by atoms with Gasteiger partial charge in [-0.05, 0) is 37.3 Å². The molecule has 1 aliphatic rings. The monoisotopic (exact) mass is 354 g/mol. The highest BCUT2D eigenvalue weighted by atomic mass is 16.5. The first-order chi connectivity index (χ1) is 12.4. The van der Waals surface area contributed by atoms with Gasteiger partial charge in [0.05, 0.1) is 16.7 Å². The molecular weight excluding hydrogens is 328 g/mol. The van der Waals surface area contributed by atoms with Crippen LogP contribution in [0.1, 0.15) is 44.9 Å². The molecule has 6 heteroatoms. The van der Waals surface area contributed by atoms with Gasteiger partial charge in [0, 0.05) is 24.2 Å². The molecule has 0 amide bonds. The number of hydrogen-bond acceptors (Lipinski definition) is 4. The Morgan fingerprint density at radius 2 is 1.96 bits per heavy atom. The summed E-state index contributed by atoms with van der Waals surface area (Å²) in [5, 5.41) is 15.7. The van der Waals surface area contributed by atoms with Crippen LogP contribution in [0.25, 0.3) is 17.0 Å².